The lowest BCUT2D eigenvalue weighted by Crippen LogP contribution is -2.43. The van der Waals surface area contributed by atoms with Gasteiger partial charge in [0.25, 0.3) is 0 Å². The van der Waals surface area contributed by atoms with Crippen LogP contribution < -0.4 is 10.6 Å². The van der Waals surface area contributed by atoms with Gasteiger partial charge in [-0.2, -0.15) is 5.10 Å². The molecule has 8 heteroatoms. The van der Waals surface area contributed by atoms with E-state index < -0.39 is 0 Å². The van der Waals surface area contributed by atoms with Gasteiger partial charge in [0.15, 0.2) is 5.82 Å². The molecule has 1 unspecified atom stereocenters. The van der Waals surface area contributed by atoms with Crippen LogP contribution in [0.5, 0.6) is 0 Å². The Morgan fingerprint density at radius 2 is 2.08 bits per heavy atom. The zero-order chi connectivity index (χ0) is 16.4. The van der Waals surface area contributed by atoms with E-state index in [0.717, 1.165) is 23.6 Å². The Kier molecular flexibility index (Phi) is 5.67. The van der Waals surface area contributed by atoms with Gasteiger partial charge in [0.05, 0.1) is 13.2 Å². The lowest BCUT2D eigenvalue weighted by atomic mass is 10.1. The molecule has 1 amide bonds. The first-order chi connectivity index (χ1) is 11.8. The third kappa shape index (κ3) is 4.56. The summed E-state index contributed by atoms with van der Waals surface area (Å²) >= 11 is 0. The van der Waals surface area contributed by atoms with E-state index in [2.05, 4.69) is 25.8 Å². The molecule has 1 aromatic heterocycles. The molecule has 4 rings (SSSR count). The van der Waals surface area contributed by atoms with E-state index in [1.165, 1.54) is 12.8 Å². The van der Waals surface area contributed by atoms with Crippen LogP contribution in [0.4, 0.5) is 5.69 Å². The highest BCUT2D eigenvalue weighted by molar-refractivity contribution is 5.91. The topological polar surface area (TPSA) is 91.9 Å². The average Bonchev–Trinajstić information content (AvgIpc) is 3.34. The van der Waals surface area contributed by atoms with Gasteiger partial charge in [-0.25, -0.2) is 4.98 Å². The van der Waals surface area contributed by atoms with Crippen molar-refractivity contribution in [3.05, 3.63) is 30.1 Å². The molecule has 1 saturated carbocycles. The summed E-state index contributed by atoms with van der Waals surface area (Å²) in [6.45, 7) is 2.09. The van der Waals surface area contributed by atoms with Crippen LogP contribution in [0.3, 0.4) is 0 Å². The van der Waals surface area contributed by atoms with Crippen molar-refractivity contribution in [2.75, 3.05) is 25.1 Å². The van der Waals surface area contributed by atoms with Gasteiger partial charge in [-0.3, -0.25) is 9.89 Å². The highest BCUT2D eigenvalue weighted by Gasteiger charge is 2.27. The lowest BCUT2D eigenvalue weighted by Gasteiger charge is -2.23. The Bertz CT molecular complexity index is 708. The summed E-state index contributed by atoms with van der Waals surface area (Å²) in [5.41, 5.74) is 1.72. The molecular weight excluding hydrogens is 342 g/mol. The minimum Gasteiger partial charge on any atom is -0.378 e. The fourth-order valence-corrected chi connectivity index (χ4v) is 2.83. The molecule has 1 saturated heterocycles. The molecule has 2 heterocycles. The third-order valence-corrected chi connectivity index (χ3v) is 4.32. The normalized spacial score (nSPS) is 19.9. The summed E-state index contributed by atoms with van der Waals surface area (Å²) in [5.74, 6) is 2.23. The molecule has 134 valence electrons. The number of carbonyl (C=O) groups excluding carboxylic acids is 1. The number of morpholine rings is 1. The van der Waals surface area contributed by atoms with Crippen molar-refractivity contribution >= 4 is 24.0 Å². The quantitative estimate of drug-likeness (QED) is 0.756. The van der Waals surface area contributed by atoms with Crippen LogP contribution in [0.15, 0.2) is 24.3 Å². The maximum absolute atomic E-state index is 12.1. The van der Waals surface area contributed by atoms with Crippen LogP contribution in [0.25, 0.3) is 11.4 Å². The Labute approximate surface area is 152 Å². The van der Waals surface area contributed by atoms with Crippen molar-refractivity contribution < 1.29 is 9.53 Å². The van der Waals surface area contributed by atoms with Crippen LogP contribution >= 0.6 is 12.4 Å². The van der Waals surface area contributed by atoms with Gasteiger partial charge in [0.2, 0.25) is 5.91 Å². The van der Waals surface area contributed by atoms with Crippen molar-refractivity contribution in [1.82, 2.24) is 20.5 Å². The highest BCUT2D eigenvalue weighted by atomic mass is 35.5. The van der Waals surface area contributed by atoms with Crippen LogP contribution in [0.2, 0.25) is 0 Å². The number of ether oxygens (including phenoxy) is 1. The minimum absolute atomic E-state index is 0. The van der Waals surface area contributed by atoms with Crippen LogP contribution in [0.1, 0.15) is 31.0 Å². The number of anilines is 1. The number of amides is 1. The Morgan fingerprint density at radius 1 is 1.28 bits per heavy atom. The van der Waals surface area contributed by atoms with Gasteiger partial charge >= 0.3 is 0 Å². The van der Waals surface area contributed by atoms with Crippen molar-refractivity contribution in [1.29, 1.82) is 0 Å². The maximum atomic E-state index is 12.1. The molecule has 0 spiro atoms. The first-order valence-corrected chi connectivity index (χ1v) is 8.41. The molecule has 1 atom stereocenters. The number of aromatic amines is 1. The molecule has 1 aliphatic carbocycles. The number of nitrogens with zero attached hydrogens (tertiary/aromatic N) is 2. The van der Waals surface area contributed by atoms with Crippen molar-refractivity contribution in [3.8, 4) is 11.4 Å². The van der Waals surface area contributed by atoms with Gasteiger partial charge in [-0.15, -0.1) is 12.4 Å². The molecule has 2 fully saturated rings. The van der Waals surface area contributed by atoms with E-state index >= 15 is 0 Å². The molecule has 2 aliphatic rings. The van der Waals surface area contributed by atoms with Gasteiger partial charge in [-0.1, -0.05) is 0 Å². The summed E-state index contributed by atoms with van der Waals surface area (Å²) in [7, 11) is 0. The first-order valence-electron chi connectivity index (χ1n) is 8.41. The van der Waals surface area contributed by atoms with Gasteiger partial charge in [0.1, 0.15) is 5.82 Å². The molecular formula is C17H22ClN5O2. The van der Waals surface area contributed by atoms with Crippen LogP contribution in [0, 0.1) is 0 Å². The van der Waals surface area contributed by atoms with E-state index in [1.807, 2.05) is 24.3 Å². The fourth-order valence-electron chi connectivity index (χ4n) is 2.83. The predicted molar refractivity (Wildman–Crippen MR) is 96.9 cm³/mol. The number of hydrogen-bond donors (Lipinski definition) is 3. The Balaban J connectivity index is 0.00000182. The number of aromatic nitrogens is 3. The first kappa shape index (κ1) is 17.8. The van der Waals surface area contributed by atoms with Crippen LogP contribution in [-0.4, -0.2) is 46.9 Å². The number of halogens is 1. The van der Waals surface area contributed by atoms with E-state index in [0.29, 0.717) is 31.4 Å². The number of carbonyl (C=O) groups is 1. The van der Waals surface area contributed by atoms with Gasteiger partial charge in [-0.05, 0) is 37.1 Å². The van der Waals surface area contributed by atoms with E-state index in [-0.39, 0.29) is 24.4 Å². The monoisotopic (exact) mass is 363 g/mol. The Morgan fingerprint density at radius 3 is 2.76 bits per heavy atom. The van der Waals surface area contributed by atoms with E-state index in [4.69, 9.17) is 4.74 Å². The SMILES string of the molecule is Cl.O=C(CC1COCCN1)Nc1ccc(-c2n[nH]c(C3CC3)n2)cc1. The van der Waals surface area contributed by atoms with Crippen molar-refractivity contribution in [2.24, 2.45) is 0 Å². The molecule has 1 aromatic carbocycles. The molecule has 0 bridgehead atoms. The van der Waals surface area contributed by atoms with Crippen LogP contribution in [-0.2, 0) is 9.53 Å². The number of nitrogens with one attached hydrogen (secondary N) is 3. The second kappa shape index (κ2) is 7.95. The average molecular weight is 364 g/mol. The molecule has 25 heavy (non-hydrogen) atoms. The van der Waals surface area contributed by atoms with E-state index in [9.17, 15) is 4.79 Å². The largest absolute Gasteiger partial charge is 0.378 e. The summed E-state index contributed by atoms with van der Waals surface area (Å²) < 4.78 is 5.36. The number of benzene rings is 1. The predicted octanol–water partition coefficient (Wildman–Crippen LogP) is 2.09. The van der Waals surface area contributed by atoms with Gasteiger partial charge in [0, 0.05) is 36.2 Å². The number of hydrogen-bond acceptors (Lipinski definition) is 5. The molecule has 3 N–H and O–H groups in total. The zero-order valence-corrected chi connectivity index (χ0v) is 14.6. The zero-order valence-electron chi connectivity index (χ0n) is 13.8. The van der Waals surface area contributed by atoms with Crippen molar-refractivity contribution in [3.63, 3.8) is 0 Å². The third-order valence-electron chi connectivity index (χ3n) is 4.32. The maximum Gasteiger partial charge on any atom is 0.226 e. The number of rotatable bonds is 5. The lowest BCUT2D eigenvalue weighted by molar-refractivity contribution is -0.117. The van der Waals surface area contributed by atoms with E-state index in [1.54, 1.807) is 0 Å². The van der Waals surface area contributed by atoms with Crippen molar-refractivity contribution in [2.45, 2.75) is 31.2 Å². The molecule has 2 aromatic rings. The summed E-state index contributed by atoms with van der Waals surface area (Å²) in [4.78, 5) is 16.6. The standard InChI is InChI=1S/C17H21N5O2.ClH/c23-15(9-14-10-24-8-7-18-14)19-13-5-3-12(4-6-13)17-20-16(21-22-17)11-1-2-11;/h3-6,11,14,18H,1-2,7-10H2,(H,19,23)(H,20,21,22);1H. The minimum atomic E-state index is -0.0142. The molecule has 7 nitrogen and oxygen atoms in total. The fraction of sp³-hybridized carbons (Fsp3) is 0.471. The molecule has 0 radical (unpaired) electrons. The smallest absolute Gasteiger partial charge is 0.226 e. The Hall–Kier alpha value is -1.96. The summed E-state index contributed by atoms with van der Waals surface area (Å²) in [6.07, 6.45) is 2.80. The summed E-state index contributed by atoms with van der Waals surface area (Å²) in [6, 6.07) is 7.71. The second-order valence-corrected chi connectivity index (χ2v) is 6.37. The highest BCUT2D eigenvalue weighted by Crippen LogP contribution is 2.38. The number of H-pyrrole nitrogens is 1. The molecule has 1 aliphatic heterocycles. The summed E-state index contributed by atoms with van der Waals surface area (Å²) in [5, 5.41) is 13.5. The second-order valence-electron chi connectivity index (χ2n) is 6.37. The van der Waals surface area contributed by atoms with Gasteiger partial charge < -0.3 is 15.4 Å².